The van der Waals surface area contributed by atoms with Crippen molar-refractivity contribution in [1.29, 1.82) is 0 Å². The van der Waals surface area contributed by atoms with Gasteiger partial charge in [0, 0.05) is 22.3 Å². The lowest BCUT2D eigenvalue weighted by Crippen LogP contribution is -1.87. The molecule has 5 aromatic carbocycles. The standard InChI is InChI=1S/C30H18/c1-3-9-23(10-4-1)15-16-25-17-19-27-22-26-13-7-8-14-28(26)29(30(27)21-25)20-18-24-11-5-2-6-12-24/h1-14,17,19,21-22H. The molecule has 30 heavy (non-hydrogen) atoms. The van der Waals surface area contributed by atoms with Gasteiger partial charge in [-0.1, -0.05) is 90.4 Å². The fourth-order valence-corrected chi connectivity index (χ4v) is 3.60. The summed E-state index contributed by atoms with van der Waals surface area (Å²) in [5.74, 6) is 13.3. The lowest BCUT2D eigenvalue weighted by Gasteiger charge is -2.07. The van der Waals surface area contributed by atoms with Crippen LogP contribution in [0.5, 0.6) is 0 Å². The number of fused-ring (bicyclic) bond motifs is 2. The Labute approximate surface area is 176 Å². The molecule has 0 fully saturated rings. The van der Waals surface area contributed by atoms with Gasteiger partial charge >= 0.3 is 0 Å². The van der Waals surface area contributed by atoms with Crippen LogP contribution in [0, 0.1) is 23.7 Å². The summed E-state index contributed by atoms with van der Waals surface area (Å²) in [6, 6.07) is 37.2. The number of hydrogen-bond donors (Lipinski definition) is 0. The fourth-order valence-electron chi connectivity index (χ4n) is 3.60. The molecular formula is C30H18. The average molecular weight is 378 g/mol. The first-order valence-corrected chi connectivity index (χ1v) is 9.96. The summed E-state index contributed by atoms with van der Waals surface area (Å²) in [5, 5.41) is 4.68. The first-order valence-electron chi connectivity index (χ1n) is 9.96. The van der Waals surface area contributed by atoms with Gasteiger partial charge in [-0.3, -0.25) is 0 Å². The Balaban J connectivity index is 1.70. The molecule has 0 aliphatic heterocycles. The van der Waals surface area contributed by atoms with Gasteiger partial charge in [0.25, 0.3) is 0 Å². The molecule has 0 N–H and O–H groups in total. The molecular weight excluding hydrogens is 360 g/mol. The third-order valence-electron chi connectivity index (χ3n) is 5.09. The molecule has 0 unspecified atom stereocenters. The number of benzene rings is 5. The predicted octanol–water partition coefficient (Wildman–Crippen LogP) is 6.79. The van der Waals surface area contributed by atoms with E-state index >= 15 is 0 Å². The molecule has 0 heterocycles. The lowest BCUT2D eigenvalue weighted by atomic mass is 9.95. The van der Waals surface area contributed by atoms with Crippen LogP contribution in [0.25, 0.3) is 21.5 Å². The second kappa shape index (κ2) is 8.00. The van der Waals surface area contributed by atoms with Crippen molar-refractivity contribution >= 4 is 21.5 Å². The highest BCUT2D eigenvalue weighted by Gasteiger charge is 2.06. The van der Waals surface area contributed by atoms with Gasteiger partial charge in [0.1, 0.15) is 0 Å². The quantitative estimate of drug-likeness (QED) is 0.205. The summed E-state index contributed by atoms with van der Waals surface area (Å²) in [5.41, 5.74) is 4.07. The maximum Gasteiger partial charge on any atom is 0.0406 e. The lowest BCUT2D eigenvalue weighted by molar-refractivity contribution is 1.64. The van der Waals surface area contributed by atoms with E-state index in [-0.39, 0.29) is 0 Å². The molecule has 0 amide bonds. The van der Waals surface area contributed by atoms with Crippen LogP contribution in [0.4, 0.5) is 0 Å². The third-order valence-corrected chi connectivity index (χ3v) is 5.09. The minimum atomic E-state index is 0.990. The Kier molecular flexibility index (Phi) is 4.75. The summed E-state index contributed by atoms with van der Waals surface area (Å²) >= 11 is 0. The van der Waals surface area contributed by atoms with Crippen molar-refractivity contribution < 1.29 is 0 Å². The highest BCUT2D eigenvalue weighted by molar-refractivity contribution is 6.05. The Hall–Kier alpha value is -4.26. The summed E-state index contributed by atoms with van der Waals surface area (Å²) in [4.78, 5) is 0. The van der Waals surface area contributed by atoms with E-state index in [0.29, 0.717) is 0 Å². The molecule has 0 aliphatic carbocycles. The third kappa shape index (κ3) is 3.68. The average Bonchev–Trinajstić information content (AvgIpc) is 2.82. The molecule has 0 heteroatoms. The molecule has 0 nitrogen and oxygen atoms in total. The van der Waals surface area contributed by atoms with Gasteiger partial charge in [0.2, 0.25) is 0 Å². The largest absolute Gasteiger partial charge is 0.0622 e. The minimum Gasteiger partial charge on any atom is -0.0622 e. The zero-order valence-electron chi connectivity index (χ0n) is 16.4. The van der Waals surface area contributed by atoms with Crippen molar-refractivity contribution in [1.82, 2.24) is 0 Å². The molecule has 0 saturated carbocycles. The van der Waals surface area contributed by atoms with Crippen LogP contribution in [0.15, 0.2) is 109 Å². The van der Waals surface area contributed by atoms with Gasteiger partial charge in [0.15, 0.2) is 0 Å². The van der Waals surface area contributed by atoms with Crippen LogP contribution in [-0.4, -0.2) is 0 Å². The van der Waals surface area contributed by atoms with Crippen molar-refractivity contribution in [3.05, 3.63) is 131 Å². The van der Waals surface area contributed by atoms with Crippen molar-refractivity contribution in [3.8, 4) is 23.7 Å². The first kappa shape index (κ1) is 17.8. The molecule has 0 saturated heterocycles. The van der Waals surface area contributed by atoms with E-state index in [1.54, 1.807) is 0 Å². The van der Waals surface area contributed by atoms with Gasteiger partial charge in [-0.05, 0) is 64.0 Å². The van der Waals surface area contributed by atoms with E-state index in [1.807, 2.05) is 60.7 Å². The molecule has 138 valence electrons. The maximum absolute atomic E-state index is 3.45. The van der Waals surface area contributed by atoms with Gasteiger partial charge in [-0.15, -0.1) is 0 Å². The Morgan fingerprint density at radius 3 is 1.67 bits per heavy atom. The summed E-state index contributed by atoms with van der Waals surface area (Å²) in [6.45, 7) is 0. The van der Waals surface area contributed by atoms with Crippen LogP contribution in [0.2, 0.25) is 0 Å². The van der Waals surface area contributed by atoms with Gasteiger partial charge in [0.05, 0.1) is 0 Å². The SMILES string of the molecule is C(#Cc1ccc2cc3ccccc3c(C#Cc3ccccc3)c2c1)c1ccccc1. The second-order valence-electron chi connectivity index (χ2n) is 7.14. The topological polar surface area (TPSA) is 0 Å². The molecule has 0 aliphatic rings. The van der Waals surface area contributed by atoms with Crippen LogP contribution < -0.4 is 0 Å². The van der Waals surface area contributed by atoms with Crippen LogP contribution in [-0.2, 0) is 0 Å². The molecule has 0 bridgehead atoms. The Morgan fingerprint density at radius 2 is 0.933 bits per heavy atom. The van der Waals surface area contributed by atoms with Crippen molar-refractivity contribution in [3.63, 3.8) is 0 Å². The predicted molar refractivity (Wildman–Crippen MR) is 126 cm³/mol. The summed E-state index contributed by atoms with van der Waals surface area (Å²) < 4.78 is 0. The number of hydrogen-bond acceptors (Lipinski definition) is 0. The van der Waals surface area contributed by atoms with Gasteiger partial charge in [-0.2, -0.15) is 0 Å². The highest BCUT2D eigenvalue weighted by Crippen LogP contribution is 2.28. The molecule has 5 aromatic rings. The Morgan fingerprint density at radius 1 is 0.367 bits per heavy atom. The van der Waals surface area contributed by atoms with E-state index in [0.717, 1.165) is 27.6 Å². The summed E-state index contributed by atoms with van der Waals surface area (Å²) in [6.07, 6.45) is 0. The van der Waals surface area contributed by atoms with E-state index in [1.165, 1.54) is 16.2 Å². The van der Waals surface area contributed by atoms with Crippen molar-refractivity contribution in [2.75, 3.05) is 0 Å². The highest BCUT2D eigenvalue weighted by atomic mass is 14.1. The minimum absolute atomic E-state index is 0.990. The molecule has 0 radical (unpaired) electrons. The zero-order valence-corrected chi connectivity index (χ0v) is 16.4. The molecule has 0 aromatic heterocycles. The van der Waals surface area contributed by atoms with Gasteiger partial charge in [-0.25, -0.2) is 0 Å². The second-order valence-corrected chi connectivity index (χ2v) is 7.14. The molecule has 0 atom stereocenters. The van der Waals surface area contributed by atoms with E-state index < -0.39 is 0 Å². The van der Waals surface area contributed by atoms with Crippen LogP contribution in [0.3, 0.4) is 0 Å². The van der Waals surface area contributed by atoms with Crippen LogP contribution in [0.1, 0.15) is 22.3 Å². The van der Waals surface area contributed by atoms with Gasteiger partial charge < -0.3 is 0 Å². The Bertz CT molecular complexity index is 1470. The zero-order chi connectivity index (χ0) is 20.2. The van der Waals surface area contributed by atoms with E-state index in [4.69, 9.17) is 0 Å². The van der Waals surface area contributed by atoms with Crippen molar-refractivity contribution in [2.45, 2.75) is 0 Å². The van der Waals surface area contributed by atoms with Crippen molar-refractivity contribution in [2.24, 2.45) is 0 Å². The molecule has 0 spiro atoms. The maximum atomic E-state index is 3.45. The van der Waals surface area contributed by atoms with Crippen LogP contribution >= 0.6 is 0 Å². The smallest absolute Gasteiger partial charge is 0.0406 e. The number of rotatable bonds is 0. The molecule has 5 rings (SSSR count). The van der Waals surface area contributed by atoms with E-state index in [9.17, 15) is 0 Å². The summed E-state index contributed by atoms with van der Waals surface area (Å²) in [7, 11) is 0. The normalized spacial score (nSPS) is 10.1. The first-order chi connectivity index (χ1) is 14.9. The fraction of sp³-hybridized carbons (Fsp3) is 0. The monoisotopic (exact) mass is 378 g/mol. The van der Waals surface area contributed by atoms with E-state index in [2.05, 4.69) is 72.2 Å².